The van der Waals surface area contributed by atoms with Crippen molar-refractivity contribution in [2.75, 3.05) is 19.7 Å². The summed E-state index contributed by atoms with van der Waals surface area (Å²) in [5, 5.41) is 2.09. The van der Waals surface area contributed by atoms with E-state index in [1.54, 1.807) is 11.3 Å². The Morgan fingerprint density at radius 1 is 1.37 bits per heavy atom. The average molecular weight is 275 g/mol. The number of hydrogen-bond donors (Lipinski definition) is 0. The van der Waals surface area contributed by atoms with Crippen LogP contribution < -0.4 is 0 Å². The van der Waals surface area contributed by atoms with Gasteiger partial charge in [-0.05, 0) is 42.4 Å². The summed E-state index contributed by atoms with van der Waals surface area (Å²) in [5.41, 5.74) is 1.36. The Hall–Kier alpha value is -1.55. The number of nitrogens with zero attached hydrogens (tertiary/aromatic N) is 1. The fourth-order valence-corrected chi connectivity index (χ4v) is 3.20. The molecule has 0 atom stereocenters. The highest BCUT2D eigenvalue weighted by molar-refractivity contribution is 7.11. The van der Waals surface area contributed by atoms with Gasteiger partial charge in [0.05, 0.1) is 6.61 Å². The van der Waals surface area contributed by atoms with Gasteiger partial charge in [0.2, 0.25) is 0 Å². The van der Waals surface area contributed by atoms with Crippen LogP contribution in [-0.2, 0) is 9.53 Å². The van der Waals surface area contributed by atoms with E-state index < -0.39 is 0 Å². The zero-order valence-electron chi connectivity index (χ0n) is 10.8. The number of allylic oxidation sites excluding steroid dienone is 1. The van der Waals surface area contributed by atoms with Crippen LogP contribution in [0.15, 0.2) is 35.4 Å². The molecule has 0 bridgehead atoms. The highest BCUT2D eigenvalue weighted by Crippen LogP contribution is 2.26. The lowest BCUT2D eigenvalue weighted by atomic mass is 10.1. The van der Waals surface area contributed by atoms with Crippen LogP contribution in [0.1, 0.15) is 24.1 Å². The van der Waals surface area contributed by atoms with Crippen LogP contribution in [0.2, 0.25) is 0 Å². The van der Waals surface area contributed by atoms with Gasteiger partial charge in [0.1, 0.15) is 0 Å². The van der Waals surface area contributed by atoms with E-state index in [1.807, 2.05) is 11.0 Å². The lowest BCUT2D eigenvalue weighted by molar-refractivity contribution is -0.130. The fraction of sp³-hybridized carbons (Fsp3) is 0.400. The van der Waals surface area contributed by atoms with Gasteiger partial charge in [-0.2, -0.15) is 0 Å². The van der Waals surface area contributed by atoms with E-state index in [1.165, 1.54) is 10.5 Å². The smallest absolute Gasteiger partial charge is 0.288 e. The van der Waals surface area contributed by atoms with E-state index in [0.29, 0.717) is 18.9 Å². The van der Waals surface area contributed by atoms with Gasteiger partial charge < -0.3 is 9.64 Å². The largest absolute Gasteiger partial charge is 0.488 e. The number of rotatable bonds is 2. The summed E-state index contributed by atoms with van der Waals surface area (Å²) in [4.78, 5) is 15.4. The summed E-state index contributed by atoms with van der Waals surface area (Å²) in [7, 11) is 0. The van der Waals surface area contributed by atoms with Crippen LogP contribution in [0.3, 0.4) is 0 Å². The van der Waals surface area contributed by atoms with Gasteiger partial charge in [-0.1, -0.05) is 12.1 Å². The molecule has 2 aliphatic rings. The normalized spacial score (nSPS) is 19.5. The molecule has 0 aliphatic carbocycles. The maximum absolute atomic E-state index is 12.3. The maximum atomic E-state index is 12.3. The Morgan fingerprint density at radius 3 is 2.95 bits per heavy atom. The third-order valence-corrected chi connectivity index (χ3v) is 4.43. The Labute approximate surface area is 117 Å². The van der Waals surface area contributed by atoms with Crippen molar-refractivity contribution in [3.63, 3.8) is 0 Å². The van der Waals surface area contributed by atoms with Gasteiger partial charge in [-0.15, -0.1) is 11.3 Å². The zero-order chi connectivity index (χ0) is 13.1. The first kappa shape index (κ1) is 12.5. The second kappa shape index (κ2) is 5.61. The molecule has 3 heterocycles. The van der Waals surface area contributed by atoms with Crippen LogP contribution in [-0.4, -0.2) is 30.5 Å². The summed E-state index contributed by atoms with van der Waals surface area (Å²) >= 11 is 1.76. The van der Waals surface area contributed by atoms with Crippen molar-refractivity contribution in [3.05, 3.63) is 40.3 Å². The summed E-state index contributed by atoms with van der Waals surface area (Å²) in [6.45, 7) is 2.14. The zero-order valence-corrected chi connectivity index (χ0v) is 11.6. The number of ether oxygens (including phenoxy) is 1. The second-order valence-electron chi connectivity index (χ2n) is 4.77. The molecule has 0 aromatic carbocycles. The van der Waals surface area contributed by atoms with Crippen molar-refractivity contribution in [2.45, 2.75) is 19.3 Å². The number of carbonyl (C=O) groups excluding carboxylic acids is 1. The first-order chi connectivity index (χ1) is 9.34. The molecule has 1 aromatic rings. The minimum absolute atomic E-state index is 0.0428. The van der Waals surface area contributed by atoms with E-state index in [2.05, 4.69) is 23.6 Å². The molecule has 0 spiro atoms. The molecule has 0 unspecified atom stereocenters. The summed E-state index contributed by atoms with van der Waals surface area (Å²) in [5.74, 6) is 0.584. The predicted octanol–water partition coefficient (Wildman–Crippen LogP) is 3.06. The first-order valence-electron chi connectivity index (χ1n) is 6.70. The first-order valence-corrected chi connectivity index (χ1v) is 7.58. The minimum Gasteiger partial charge on any atom is -0.488 e. The highest BCUT2D eigenvalue weighted by atomic mass is 32.1. The molecule has 2 aliphatic heterocycles. The second-order valence-corrected chi connectivity index (χ2v) is 5.71. The monoisotopic (exact) mass is 275 g/mol. The average Bonchev–Trinajstić information content (AvgIpc) is 3.02. The van der Waals surface area contributed by atoms with Gasteiger partial charge in [0, 0.05) is 18.0 Å². The molecule has 0 saturated heterocycles. The molecule has 19 heavy (non-hydrogen) atoms. The standard InChI is InChI=1S/C15H17NO2S/c17-15(13-4-1-2-10-18-13)16-8-6-12(7-9-16)14-5-3-11-19-14/h3-6,11H,1-2,7-10H2. The molecule has 4 heteroatoms. The maximum Gasteiger partial charge on any atom is 0.288 e. The van der Waals surface area contributed by atoms with E-state index >= 15 is 0 Å². The number of carbonyl (C=O) groups is 1. The number of amides is 1. The van der Waals surface area contributed by atoms with E-state index in [4.69, 9.17) is 4.74 Å². The van der Waals surface area contributed by atoms with Crippen molar-refractivity contribution >= 4 is 22.8 Å². The molecular formula is C15H17NO2S. The quantitative estimate of drug-likeness (QED) is 0.830. The van der Waals surface area contributed by atoms with Crippen molar-refractivity contribution in [1.29, 1.82) is 0 Å². The topological polar surface area (TPSA) is 29.5 Å². The van der Waals surface area contributed by atoms with Crippen molar-refractivity contribution in [3.8, 4) is 0 Å². The Balaban J connectivity index is 1.66. The highest BCUT2D eigenvalue weighted by Gasteiger charge is 2.23. The molecule has 3 rings (SSSR count). The number of hydrogen-bond acceptors (Lipinski definition) is 3. The molecule has 100 valence electrons. The van der Waals surface area contributed by atoms with Gasteiger partial charge in [-0.25, -0.2) is 0 Å². The summed E-state index contributed by atoms with van der Waals surface area (Å²) < 4.78 is 5.44. The molecular weight excluding hydrogens is 258 g/mol. The van der Waals surface area contributed by atoms with Gasteiger partial charge >= 0.3 is 0 Å². The van der Waals surface area contributed by atoms with Crippen molar-refractivity contribution in [2.24, 2.45) is 0 Å². The van der Waals surface area contributed by atoms with Crippen LogP contribution >= 0.6 is 11.3 Å². The molecule has 0 radical (unpaired) electrons. The fourth-order valence-electron chi connectivity index (χ4n) is 2.40. The lowest BCUT2D eigenvalue weighted by Crippen LogP contribution is -2.36. The van der Waals surface area contributed by atoms with Crippen LogP contribution in [0.4, 0.5) is 0 Å². The Morgan fingerprint density at radius 2 is 2.32 bits per heavy atom. The van der Waals surface area contributed by atoms with E-state index in [9.17, 15) is 4.79 Å². The minimum atomic E-state index is 0.0428. The van der Waals surface area contributed by atoms with Gasteiger partial charge in [0.25, 0.3) is 5.91 Å². The Kier molecular flexibility index (Phi) is 3.69. The molecule has 1 amide bonds. The van der Waals surface area contributed by atoms with Crippen LogP contribution in [0.25, 0.3) is 5.57 Å². The van der Waals surface area contributed by atoms with Crippen LogP contribution in [0, 0.1) is 0 Å². The van der Waals surface area contributed by atoms with Crippen molar-refractivity contribution in [1.82, 2.24) is 4.90 Å². The predicted molar refractivity (Wildman–Crippen MR) is 76.8 cm³/mol. The SMILES string of the molecule is O=C(C1=CCCCO1)N1CC=C(c2cccs2)CC1. The van der Waals surface area contributed by atoms with Crippen molar-refractivity contribution < 1.29 is 9.53 Å². The summed E-state index contributed by atoms with van der Waals surface area (Å²) in [6, 6.07) is 4.21. The third kappa shape index (κ3) is 2.73. The lowest BCUT2D eigenvalue weighted by Gasteiger charge is -2.27. The summed E-state index contributed by atoms with van der Waals surface area (Å²) in [6.07, 6.45) is 6.98. The third-order valence-electron chi connectivity index (χ3n) is 3.48. The molecule has 0 saturated carbocycles. The van der Waals surface area contributed by atoms with Gasteiger partial charge in [-0.3, -0.25) is 4.79 Å². The number of thiophene rings is 1. The van der Waals surface area contributed by atoms with E-state index in [0.717, 1.165) is 25.8 Å². The van der Waals surface area contributed by atoms with E-state index in [-0.39, 0.29) is 5.91 Å². The molecule has 0 N–H and O–H groups in total. The van der Waals surface area contributed by atoms with Gasteiger partial charge in [0.15, 0.2) is 5.76 Å². The van der Waals surface area contributed by atoms with Crippen LogP contribution in [0.5, 0.6) is 0 Å². The molecule has 3 nitrogen and oxygen atoms in total. The Bertz CT molecular complexity index is 516. The molecule has 1 aromatic heterocycles. The molecule has 0 fully saturated rings.